The summed E-state index contributed by atoms with van der Waals surface area (Å²) in [5.74, 6) is 2.54. The second kappa shape index (κ2) is 7.60. The zero-order valence-corrected chi connectivity index (χ0v) is 16.8. The molecule has 150 valence electrons. The molecule has 0 fully saturated rings. The number of nitrogens with zero attached hydrogens (tertiary/aromatic N) is 3. The largest absolute Gasteiger partial charge is 0.461 e. The summed E-state index contributed by atoms with van der Waals surface area (Å²) in [6.07, 6.45) is 5.23. The number of H-pyrrole nitrogens is 1. The highest BCUT2D eigenvalue weighted by Gasteiger charge is 2.14. The van der Waals surface area contributed by atoms with Gasteiger partial charge in [-0.3, -0.25) is 4.79 Å². The number of carbonyl (C=O) groups is 1. The Morgan fingerprint density at radius 3 is 3.00 bits per heavy atom. The third-order valence-electron chi connectivity index (χ3n) is 4.50. The van der Waals surface area contributed by atoms with Crippen molar-refractivity contribution >= 4 is 34.4 Å². The maximum absolute atomic E-state index is 12.6. The number of aromatic nitrogens is 4. The first kappa shape index (κ1) is 18.3. The second-order valence-electron chi connectivity index (χ2n) is 6.62. The first-order valence-corrected chi connectivity index (χ1v) is 10.2. The molecular formula is C21H17N5O3S. The summed E-state index contributed by atoms with van der Waals surface area (Å²) in [6.45, 7) is 0. The summed E-state index contributed by atoms with van der Waals surface area (Å²) in [5.41, 5.74) is 2.22. The second-order valence-corrected chi connectivity index (χ2v) is 7.57. The Morgan fingerprint density at radius 2 is 2.20 bits per heavy atom. The maximum Gasteiger partial charge on any atom is 0.291 e. The molecule has 0 aliphatic heterocycles. The molecule has 0 saturated heterocycles. The molecule has 0 aliphatic rings. The lowest BCUT2D eigenvalue weighted by atomic mass is 10.2. The smallest absolute Gasteiger partial charge is 0.291 e. The first-order valence-electron chi connectivity index (χ1n) is 9.19. The normalized spacial score (nSPS) is 11.2. The summed E-state index contributed by atoms with van der Waals surface area (Å²) < 4.78 is 13.0. The van der Waals surface area contributed by atoms with Gasteiger partial charge in [-0.05, 0) is 42.5 Å². The van der Waals surface area contributed by atoms with Crippen LogP contribution in [0.4, 0.5) is 5.69 Å². The Kier molecular flexibility index (Phi) is 4.64. The number of benzene rings is 1. The van der Waals surface area contributed by atoms with E-state index in [1.54, 1.807) is 48.5 Å². The van der Waals surface area contributed by atoms with Crippen LogP contribution in [0.1, 0.15) is 16.3 Å². The molecule has 0 unspecified atom stereocenters. The molecule has 8 nitrogen and oxygen atoms in total. The fourth-order valence-electron chi connectivity index (χ4n) is 3.01. The van der Waals surface area contributed by atoms with E-state index in [1.807, 2.05) is 36.0 Å². The van der Waals surface area contributed by atoms with Gasteiger partial charge in [0, 0.05) is 25.1 Å². The number of aromatic amines is 1. The lowest BCUT2D eigenvalue weighted by Gasteiger charge is -2.03. The van der Waals surface area contributed by atoms with Crippen LogP contribution in [0.25, 0.3) is 22.6 Å². The molecule has 5 rings (SSSR count). The fourth-order valence-corrected chi connectivity index (χ4v) is 3.84. The number of amides is 1. The van der Waals surface area contributed by atoms with Gasteiger partial charge in [0.15, 0.2) is 22.5 Å². The Bertz CT molecular complexity index is 1320. The van der Waals surface area contributed by atoms with Crippen LogP contribution in [-0.2, 0) is 12.8 Å². The summed E-state index contributed by atoms with van der Waals surface area (Å²) >= 11 is 1.55. The number of rotatable bonds is 6. The minimum atomic E-state index is -0.312. The van der Waals surface area contributed by atoms with Gasteiger partial charge in [-0.2, -0.15) is 0 Å². The number of hydrogen-bond donors (Lipinski definition) is 2. The highest BCUT2D eigenvalue weighted by molar-refractivity contribution is 7.98. The lowest BCUT2D eigenvalue weighted by molar-refractivity contribution is 0.0995. The van der Waals surface area contributed by atoms with E-state index < -0.39 is 0 Å². The molecule has 9 heteroatoms. The predicted octanol–water partition coefficient (Wildman–Crippen LogP) is 4.69. The number of imidazole rings is 2. The minimum absolute atomic E-state index is 0.256. The molecule has 0 aliphatic carbocycles. The van der Waals surface area contributed by atoms with Crippen molar-refractivity contribution in [1.82, 2.24) is 19.5 Å². The predicted molar refractivity (Wildman–Crippen MR) is 113 cm³/mol. The summed E-state index contributed by atoms with van der Waals surface area (Å²) in [6, 6.07) is 12.6. The maximum atomic E-state index is 12.6. The molecule has 2 N–H and O–H groups in total. The molecule has 0 atom stereocenters. The van der Waals surface area contributed by atoms with Gasteiger partial charge >= 0.3 is 0 Å². The van der Waals surface area contributed by atoms with E-state index in [0.29, 0.717) is 28.8 Å². The highest BCUT2D eigenvalue weighted by Crippen LogP contribution is 2.25. The Morgan fingerprint density at radius 1 is 1.27 bits per heavy atom. The molecule has 5 aromatic rings. The van der Waals surface area contributed by atoms with E-state index in [2.05, 4.69) is 20.3 Å². The van der Waals surface area contributed by atoms with Crippen molar-refractivity contribution in [3.8, 4) is 11.6 Å². The van der Waals surface area contributed by atoms with E-state index in [4.69, 9.17) is 8.83 Å². The molecule has 4 aromatic heterocycles. The molecule has 1 amide bonds. The van der Waals surface area contributed by atoms with Gasteiger partial charge < -0.3 is 23.7 Å². The molecule has 0 saturated carbocycles. The highest BCUT2D eigenvalue weighted by atomic mass is 32.2. The lowest BCUT2D eigenvalue weighted by Crippen LogP contribution is -2.10. The van der Waals surface area contributed by atoms with Crippen LogP contribution in [0, 0.1) is 0 Å². The molecule has 30 heavy (non-hydrogen) atoms. The van der Waals surface area contributed by atoms with Gasteiger partial charge in [0.25, 0.3) is 5.91 Å². The summed E-state index contributed by atoms with van der Waals surface area (Å²) in [4.78, 5) is 24.5. The molecular weight excluding hydrogens is 402 g/mol. The minimum Gasteiger partial charge on any atom is -0.461 e. The van der Waals surface area contributed by atoms with Gasteiger partial charge in [-0.1, -0.05) is 11.8 Å². The van der Waals surface area contributed by atoms with E-state index in [-0.39, 0.29) is 11.7 Å². The van der Waals surface area contributed by atoms with Crippen molar-refractivity contribution in [1.29, 1.82) is 0 Å². The van der Waals surface area contributed by atoms with Crippen LogP contribution in [0.15, 0.2) is 75.1 Å². The Labute approximate surface area is 175 Å². The average molecular weight is 419 g/mol. The summed E-state index contributed by atoms with van der Waals surface area (Å²) in [5, 5.41) is 3.75. The molecule has 4 heterocycles. The Balaban J connectivity index is 1.27. The van der Waals surface area contributed by atoms with Gasteiger partial charge in [0.05, 0.1) is 23.0 Å². The van der Waals surface area contributed by atoms with Crippen LogP contribution in [0.5, 0.6) is 0 Å². The zero-order valence-electron chi connectivity index (χ0n) is 16.0. The third-order valence-corrected chi connectivity index (χ3v) is 5.58. The average Bonchev–Trinajstić information content (AvgIpc) is 3.52. The quantitative estimate of drug-likeness (QED) is 0.387. The number of carbonyl (C=O) groups excluding carboxylic acids is 1. The van der Waals surface area contributed by atoms with Crippen molar-refractivity contribution in [2.24, 2.45) is 7.05 Å². The number of hydrogen-bond acceptors (Lipinski definition) is 6. The van der Waals surface area contributed by atoms with E-state index in [1.165, 1.54) is 0 Å². The van der Waals surface area contributed by atoms with Crippen LogP contribution in [0.3, 0.4) is 0 Å². The number of furan rings is 2. The zero-order chi connectivity index (χ0) is 20.5. The van der Waals surface area contributed by atoms with E-state index in [0.717, 1.165) is 16.2 Å². The van der Waals surface area contributed by atoms with Gasteiger partial charge in [0.2, 0.25) is 0 Å². The number of thioether (sulfide) groups is 1. The van der Waals surface area contributed by atoms with Crippen molar-refractivity contribution in [3.05, 3.63) is 72.6 Å². The van der Waals surface area contributed by atoms with E-state index >= 15 is 0 Å². The fraction of sp³-hybridized carbons (Fsp3) is 0.0952. The van der Waals surface area contributed by atoms with Crippen LogP contribution in [0.2, 0.25) is 0 Å². The molecule has 1 aromatic carbocycles. The molecule has 0 radical (unpaired) electrons. The van der Waals surface area contributed by atoms with Crippen LogP contribution < -0.4 is 5.32 Å². The number of anilines is 1. The topological polar surface area (TPSA) is 102 Å². The van der Waals surface area contributed by atoms with Crippen molar-refractivity contribution in [2.45, 2.75) is 10.9 Å². The monoisotopic (exact) mass is 419 g/mol. The SMILES string of the molecule is Cn1ccnc1SCc1ccc(C(=O)Nc2ccc3nc(-c4ccco4)[nH]c3c2)o1. The van der Waals surface area contributed by atoms with Crippen LogP contribution in [-0.4, -0.2) is 25.4 Å². The first-order chi connectivity index (χ1) is 14.7. The number of nitrogens with one attached hydrogen (secondary N) is 2. The van der Waals surface area contributed by atoms with Crippen molar-refractivity contribution < 1.29 is 13.6 Å². The van der Waals surface area contributed by atoms with Gasteiger partial charge in [-0.25, -0.2) is 9.97 Å². The van der Waals surface area contributed by atoms with E-state index in [9.17, 15) is 4.79 Å². The Hall–Kier alpha value is -3.72. The van der Waals surface area contributed by atoms with Gasteiger partial charge in [0.1, 0.15) is 5.76 Å². The van der Waals surface area contributed by atoms with Crippen molar-refractivity contribution in [2.75, 3.05) is 5.32 Å². The molecule has 0 spiro atoms. The van der Waals surface area contributed by atoms with Crippen molar-refractivity contribution in [3.63, 3.8) is 0 Å². The van der Waals surface area contributed by atoms with Crippen LogP contribution >= 0.6 is 11.8 Å². The van der Waals surface area contributed by atoms with Gasteiger partial charge in [-0.15, -0.1) is 0 Å². The third kappa shape index (κ3) is 3.62. The molecule has 0 bridgehead atoms. The number of aryl methyl sites for hydroxylation is 1. The standard InChI is InChI=1S/C21H17N5O3S/c1-26-9-8-22-21(26)30-12-14-5-7-18(29-14)20(27)23-13-4-6-15-16(11-13)25-19(24-15)17-3-2-10-28-17/h2-11H,12H2,1H3,(H,23,27)(H,24,25). The number of fused-ring (bicyclic) bond motifs is 1. The summed E-state index contributed by atoms with van der Waals surface area (Å²) in [7, 11) is 1.93.